The van der Waals surface area contributed by atoms with Crippen molar-refractivity contribution in [2.24, 2.45) is 5.73 Å². The van der Waals surface area contributed by atoms with E-state index in [0.717, 1.165) is 23.1 Å². The van der Waals surface area contributed by atoms with Crippen LogP contribution in [0.3, 0.4) is 0 Å². The fraction of sp³-hybridized carbons (Fsp3) is 0.571. The van der Waals surface area contributed by atoms with Gasteiger partial charge in [0, 0.05) is 17.6 Å². The average Bonchev–Trinajstić information content (AvgIpc) is 2.41. The van der Waals surface area contributed by atoms with Gasteiger partial charge < -0.3 is 15.2 Å². The van der Waals surface area contributed by atoms with Crippen LogP contribution >= 0.6 is 15.9 Å². The first kappa shape index (κ1) is 14.0. The minimum absolute atomic E-state index is 0.0481. The third kappa shape index (κ3) is 4.05. The molecule has 4 heteroatoms. The van der Waals surface area contributed by atoms with Crippen molar-refractivity contribution in [3.63, 3.8) is 0 Å². The van der Waals surface area contributed by atoms with Gasteiger partial charge in [0.25, 0.3) is 0 Å². The molecule has 0 spiro atoms. The second kappa shape index (κ2) is 7.24. The molecule has 100 valence electrons. The Balaban J connectivity index is 1.88. The highest BCUT2D eigenvalue weighted by atomic mass is 79.9. The largest absolute Gasteiger partial charge is 0.376 e. The Kier molecular flexibility index (Phi) is 5.63. The molecular formula is C14H20BrNO2. The molecule has 2 unspecified atom stereocenters. The first-order valence-electron chi connectivity index (χ1n) is 6.48. The van der Waals surface area contributed by atoms with Gasteiger partial charge in [-0.25, -0.2) is 0 Å². The van der Waals surface area contributed by atoms with Crippen molar-refractivity contribution in [2.75, 3.05) is 19.8 Å². The highest BCUT2D eigenvalue weighted by Crippen LogP contribution is 2.22. The lowest BCUT2D eigenvalue weighted by Crippen LogP contribution is -2.27. The van der Waals surface area contributed by atoms with E-state index >= 15 is 0 Å². The van der Waals surface area contributed by atoms with Gasteiger partial charge in [0.2, 0.25) is 0 Å². The number of hydrogen-bond donors (Lipinski definition) is 1. The maximum absolute atomic E-state index is 5.90. The minimum atomic E-state index is -0.0481. The Morgan fingerprint density at radius 1 is 1.44 bits per heavy atom. The van der Waals surface area contributed by atoms with E-state index in [0.29, 0.717) is 13.2 Å². The zero-order valence-electron chi connectivity index (χ0n) is 10.5. The van der Waals surface area contributed by atoms with Crippen LogP contribution in [-0.4, -0.2) is 25.9 Å². The predicted molar refractivity (Wildman–Crippen MR) is 75.5 cm³/mol. The van der Waals surface area contributed by atoms with Crippen LogP contribution in [0, 0.1) is 0 Å². The first-order chi connectivity index (χ1) is 8.79. The summed E-state index contributed by atoms with van der Waals surface area (Å²) >= 11 is 3.47. The molecular weight excluding hydrogens is 294 g/mol. The summed E-state index contributed by atoms with van der Waals surface area (Å²) in [6.45, 7) is 1.98. The minimum Gasteiger partial charge on any atom is -0.376 e. The zero-order chi connectivity index (χ0) is 12.8. The van der Waals surface area contributed by atoms with E-state index in [1.54, 1.807) is 0 Å². The van der Waals surface area contributed by atoms with Crippen LogP contribution in [0.5, 0.6) is 0 Å². The third-order valence-electron chi connectivity index (χ3n) is 3.19. The van der Waals surface area contributed by atoms with Crippen LogP contribution in [-0.2, 0) is 9.47 Å². The lowest BCUT2D eigenvalue weighted by molar-refractivity contribution is -0.0617. The van der Waals surface area contributed by atoms with E-state index in [1.807, 2.05) is 18.2 Å². The Bertz CT molecular complexity index is 367. The van der Waals surface area contributed by atoms with Crippen LogP contribution < -0.4 is 5.73 Å². The molecule has 1 aromatic rings. The molecule has 1 fully saturated rings. The molecule has 1 saturated heterocycles. The van der Waals surface area contributed by atoms with Crippen molar-refractivity contribution in [2.45, 2.75) is 31.5 Å². The van der Waals surface area contributed by atoms with Gasteiger partial charge >= 0.3 is 0 Å². The SMILES string of the molecule is NCC(OCC1CCCCO1)c1cccc(Br)c1. The summed E-state index contributed by atoms with van der Waals surface area (Å²) < 4.78 is 12.6. The van der Waals surface area contributed by atoms with Crippen LogP contribution in [0.4, 0.5) is 0 Å². The highest BCUT2D eigenvalue weighted by molar-refractivity contribution is 9.10. The number of halogens is 1. The lowest BCUT2D eigenvalue weighted by atomic mass is 10.1. The molecule has 1 aliphatic rings. The quantitative estimate of drug-likeness (QED) is 0.908. The first-order valence-corrected chi connectivity index (χ1v) is 7.27. The van der Waals surface area contributed by atoms with E-state index < -0.39 is 0 Å². The molecule has 0 saturated carbocycles. The molecule has 1 aromatic carbocycles. The Labute approximate surface area is 117 Å². The molecule has 1 aliphatic heterocycles. The van der Waals surface area contributed by atoms with Gasteiger partial charge in [-0.05, 0) is 37.0 Å². The van der Waals surface area contributed by atoms with Gasteiger partial charge in [-0.1, -0.05) is 28.1 Å². The number of rotatable bonds is 5. The molecule has 2 N–H and O–H groups in total. The van der Waals surface area contributed by atoms with Gasteiger partial charge in [0.05, 0.1) is 18.8 Å². The van der Waals surface area contributed by atoms with Crippen LogP contribution in [0.1, 0.15) is 30.9 Å². The topological polar surface area (TPSA) is 44.5 Å². The summed E-state index contributed by atoms with van der Waals surface area (Å²) in [5, 5.41) is 0. The number of ether oxygens (including phenoxy) is 2. The number of hydrogen-bond acceptors (Lipinski definition) is 3. The van der Waals surface area contributed by atoms with Crippen LogP contribution in [0.15, 0.2) is 28.7 Å². The fourth-order valence-electron chi connectivity index (χ4n) is 2.17. The summed E-state index contributed by atoms with van der Waals surface area (Å²) in [5.41, 5.74) is 6.90. The van der Waals surface area contributed by atoms with Gasteiger partial charge in [0.15, 0.2) is 0 Å². The van der Waals surface area contributed by atoms with Crippen molar-refractivity contribution in [1.29, 1.82) is 0 Å². The smallest absolute Gasteiger partial charge is 0.0948 e. The molecule has 0 radical (unpaired) electrons. The molecule has 3 nitrogen and oxygen atoms in total. The number of benzene rings is 1. The summed E-state index contributed by atoms with van der Waals surface area (Å²) in [6, 6.07) is 8.10. The van der Waals surface area contributed by atoms with Gasteiger partial charge in [-0.3, -0.25) is 0 Å². The highest BCUT2D eigenvalue weighted by Gasteiger charge is 2.17. The van der Waals surface area contributed by atoms with E-state index in [1.165, 1.54) is 12.8 Å². The van der Waals surface area contributed by atoms with Crippen molar-refractivity contribution >= 4 is 15.9 Å². The molecule has 0 amide bonds. The second-order valence-electron chi connectivity index (χ2n) is 4.60. The molecule has 2 atom stereocenters. The number of nitrogens with two attached hydrogens (primary N) is 1. The Morgan fingerprint density at radius 2 is 2.33 bits per heavy atom. The molecule has 0 aliphatic carbocycles. The third-order valence-corrected chi connectivity index (χ3v) is 3.69. The Hall–Kier alpha value is -0.420. The van der Waals surface area contributed by atoms with E-state index in [2.05, 4.69) is 22.0 Å². The second-order valence-corrected chi connectivity index (χ2v) is 5.52. The van der Waals surface area contributed by atoms with E-state index in [-0.39, 0.29) is 12.2 Å². The van der Waals surface area contributed by atoms with Crippen molar-refractivity contribution in [3.8, 4) is 0 Å². The summed E-state index contributed by atoms with van der Waals surface area (Å²) in [7, 11) is 0. The van der Waals surface area contributed by atoms with Crippen LogP contribution in [0.25, 0.3) is 0 Å². The normalized spacial score (nSPS) is 21.8. The summed E-state index contributed by atoms with van der Waals surface area (Å²) in [6.07, 6.45) is 3.68. The zero-order valence-corrected chi connectivity index (χ0v) is 12.1. The van der Waals surface area contributed by atoms with Crippen molar-refractivity contribution < 1.29 is 9.47 Å². The molecule has 2 rings (SSSR count). The standard InChI is InChI=1S/C14H20BrNO2/c15-12-5-3-4-11(8-12)14(9-16)18-10-13-6-1-2-7-17-13/h3-5,8,13-14H,1-2,6-7,9-10,16H2. The summed E-state index contributed by atoms with van der Waals surface area (Å²) in [5.74, 6) is 0. The molecule has 0 aromatic heterocycles. The van der Waals surface area contributed by atoms with Crippen LogP contribution in [0.2, 0.25) is 0 Å². The maximum atomic E-state index is 5.90. The fourth-order valence-corrected chi connectivity index (χ4v) is 2.59. The van der Waals surface area contributed by atoms with Gasteiger partial charge in [-0.15, -0.1) is 0 Å². The maximum Gasteiger partial charge on any atom is 0.0948 e. The summed E-state index contributed by atoms with van der Waals surface area (Å²) in [4.78, 5) is 0. The predicted octanol–water partition coefficient (Wildman–Crippen LogP) is 3.03. The lowest BCUT2D eigenvalue weighted by Gasteiger charge is -2.25. The molecule has 18 heavy (non-hydrogen) atoms. The van der Waals surface area contributed by atoms with Crippen molar-refractivity contribution in [3.05, 3.63) is 34.3 Å². The van der Waals surface area contributed by atoms with E-state index in [9.17, 15) is 0 Å². The molecule has 1 heterocycles. The molecule has 0 bridgehead atoms. The van der Waals surface area contributed by atoms with Crippen molar-refractivity contribution in [1.82, 2.24) is 0 Å². The monoisotopic (exact) mass is 313 g/mol. The Morgan fingerprint density at radius 3 is 3.00 bits per heavy atom. The van der Waals surface area contributed by atoms with E-state index in [4.69, 9.17) is 15.2 Å². The van der Waals surface area contributed by atoms with Gasteiger partial charge in [-0.2, -0.15) is 0 Å². The average molecular weight is 314 g/mol. The van der Waals surface area contributed by atoms with Gasteiger partial charge in [0.1, 0.15) is 0 Å².